The van der Waals surface area contributed by atoms with Gasteiger partial charge in [0.1, 0.15) is 5.75 Å². The second-order valence-electron chi connectivity index (χ2n) is 16.7. The van der Waals surface area contributed by atoms with Crippen LogP contribution in [0.2, 0.25) is 18.6 Å². The molecule has 0 saturated carbocycles. The molecule has 3 aliphatic rings. The second-order valence-corrected chi connectivity index (χ2v) is 21.4. The molecule has 15 heteroatoms. The predicted molar refractivity (Wildman–Crippen MR) is 230 cm³/mol. The topological polar surface area (TPSA) is 174 Å². The van der Waals surface area contributed by atoms with E-state index in [1.54, 1.807) is 22.8 Å². The summed E-state index contributed by atoms with van der Waals surface area (Å²) in [6.45, 7) is 7.96. The number of hydrogen-bond acceptors (Lipinski definition) is 10. The van der Waals surface area contributed by atoms with Gasteiger partial charge in [0, 0.05) is 42.0 Å². The molecule has 4 heterocycles. The van der Waals surface area contributed by atoms with E-state index in [0.29, 0.717) is 35.6 Å². The number of hydrogen-bond donors (Lipinski definition) is 3. The van der Waals surface area contributed by atoms with Crippen LogP contribution >= 0.6 is 0 Å². The molecule has 1 spiro atoms. The first-order valence-corrected chi connectivity index (χ1v) is 23.6. The van der Waals surface area contributed by atoms with Crippen LogP contribution in [0.4, 0.5) is 17.1 Å². The Labute approximate surface area is 350 Å². The van der Waals surface area contributed by atoms with E-state index in [9.17, 15) is 20.0 Å². The number of ether oxygens (including phenoxy) is 2. The van der Waals surface area contributed by atoms with Gasteiger partial charge >= 0.3 is 0 Å². The number of non-ortho nitro benzene ring substituents is 1. The number of nitrogens with one attached hydrogen (secondary N) is 2. The highest BCUT2D eigenvalue weighted by Gasteiger charge is 2.66. The van der Waals surface area contributed by atoms with Crippen LogP contribution in [0.5, 0.6) is 5.75 Å². The van der Waals surface area contributed by atoms with E-state index in [1.165, 1.54) is 17.3 Å². The summed E-state index contributed by atoms with van der Waals surface area (Å²) >= 11 is 0. The first-order valence-electron chi connectivity index (χ1n) is 20.6. The van der Waals surface area contributed by atoms with Crippen molar-refractivity contribution in [2.45, 2.75) is 81.6 Å². The summed E-state index contributed by atoms with van der Waals surface area (Å²) in [5.41, 5.74) is 2.40. The number of methoxy groups -OCH3 is 1. The van der Waals surface area contributed by atoms with Crippen molar-refractivity contribution in [2.75, 3.05) is 30.5 Å². The number of nitro benzene ring substituents is 1. The fourth-order valence-electron chi connectivity index (χ4n) is 9.75. The van der Waals surface area contributed by atoms with Crippen molar-refractivity contribution in [3.8, 4) is 5.75 Å². The molecule has 0 bridgehead atoms. The average Bonchev–Trinajstić information content (AvgIpc) is 4.07. The summed E-state index contributed by atoms with van der Waals surface area (Å²) in [6, 6.07) is 29.6. The van der Waals surface area contributed by atoms with Gasteiger partial charge in [-0.3, -0.25) is 24.4 Å². The van der Waals surface area contributed by atoms with Gasteiger partial charge in [0.05, 0.1) is 62.7 Å². The van der Waals surface area contributed by atoms with E-state index in [-0.39, 0.29) is 54.1 Å². The van der Waals surface area contributed by atoms with Gasteiger partial charge in [0.2, 0.25) is 5.91 Å². The Morgan fingerprint density at radius 1 is 1.10 bits per heavy atom. The number of amides is 2. The van der Waals surface area contributed by atoms with Crippen LogP contribution in [0.25, 0.3) is 0 Å². The molecule has 0 aliphatic carbocycles. The maximum absolute atomic E-state index is 15.3. The summed E-state index contributed by atoms with van der Waals surface area (Å²) < 4.78 is 14.5. The Balaban J connectivity index is 1.13. The lowest BCUT2D eigenvalue weighted by atomic mass is 9.82. The number of rotatable bonds is 14. The molecule has 60 heavy (non-hydrogen) atoms. The van der Waals surface area contributed by atoms with Crippen LogP contribution in [0.3, 0.4) is 0 Å². The summed E-state index contributed by atoms with van der Waals surface area (Å²) in [4.78, 5) is 41.6. The van der Waals surface area contributed by atoms with Gasteiger partial charge in [-0.25, -0.2) is 0 Å². The number of anilines is 2. The number of aromatic nitrogens is 3. The van der Waals surface area contributed by atoms with Crippen LogP contribution in [0, 0.1) is 16.0 Å². The van der Waals surface area contributed by atoms with Crippen LogP contribution in [-0.2, 0) is 33.0 Å². The number of benzene rings is 4. The Hall–Kier alpha value is -5.74. The molecule has 6 atom stereocenters. The molecule has 4 aromatic carbocycles. The highest BCUT2D eigenvalue weighted by Crippen LogP contribution is 2.60. The third-order valence-electron chi connectivity index (χ3n) is 12.9. The fourth-order valence-corrected chi connectivity index (χ4v) is 13.8. The number of carbonyl (C=O) groups excluding carboxylic acids is 2. The van der Waals surface area contributed by atoms with Crippen LogP contribution in [0.15, 0.2) is 103 Å². The van der Waals surface area contributed by atoms with Crippen molar-refractivity contribution in [3.05, 3.63) is 136 Å². The van der Waals surface area contributed by atoms with E-state index in [1.807, 2.05) is 72.9 Å². The van der Waals surface area contributed by atoms with Crippen LogP contribution < -0.4 is 25.5 Å². The number of aliphatic hydroxyl groups excluding tert-OH is 1. The van der Waals surface area contributed by atoms with Gasteiger partial charge < -0.3 is 30.1 Å². The smallest absolute Gasteiger partial charge is 0.269 e. The number of nitrogens with zero attached hydrogens (tertiary/aromatic N) is 5. The van der Waals surface area contributed by atoms with Crippen LogP contribution in [-0.4, -0.2) is 77.3 Å². The largest absolute Gasteiger partial charge is 0.497 e. The summed E-state index contributed by atoms with van der Waals surface area (Å²) in [7, 11) is -0.881. The van der Waals surface area contributed by atoms with Crippen molar-refractivity contribution in [3.63, 3.8) is 0 Å². The van der Waals surface area contributed by atoms with Crippen molar-refractivity contribution < 1.29 is 29.1 Å². The summed E-state index contributed by atoms with van der Waals surface area (Å²) in [6.07, 6.45) is 3.66. The quantitative estimate of drug-likeness (QED) is 0.0699. The fraction of sp³-hybridized carbons (Fsp3) is 0.378. The summed E-state index contributed by atoms with van der Waals surface area (Å²) in [5, 5.41) is 38.9. The third-order valence-corrected chi connectivity index (χ3v) is 17.3. The number of aryl methyl sites for hydroxylation is 1. The second kappa shape index (κ2) is 16.7. The standard InChI is InChI=1S/C45H51N7O7Si/c1-29-42(60(3,4)35-19-17-34(58-2)18-20-35)41(22-24-50-27-39(48-49-50)36(28-53)31-9-6-5-7-10-31)59-45(29)37-25-33(52(56)57)16-21-40(37)51(44(45)55)26-30-12-14-32(15-13-30)47-43(54)38-11-8-23-46-38/h5-7,9-10,12-21,25,27,29,36,38,41-42,46,53H,8,11,22-24,26,28H2,1-4H3,(H,47,54)/t29-,36?,38-,41+,42-,45+/m1/s1. The lowest BCUT2D eigenvalue weighted by Crippen LogP contribution is -2.51. The molecule has 1 unspecified atom stereocenters. The minimum Gasteiger partial charge on any atom is -0.497 e. The van der Waals surface area contributed by atoms with E-state index >= 15 is 4.79 Å². The lowest BCUT2D eigenvalue weighted by molar-refractivity contribution is -0.385. The maximum atomic E-state index is 15.3. The number of fused-ring (bicyclic) bond motifs is 2. The lowest BCUT2D eigenvalue weighted by Gasteiger charge is -2.37. The molecular formula is C45H51N7O7Si. The molecule has 2 fully saturated rings. The average molecular weight is 830 g/mol. The number of carbonyl (C=O) groups is 2. The minimum absolute atomic E-state index is 0.0733. The van der Waals surface area contributed by atoms with Crippen molar-refractivity contribution in [1.29, 1.82) is 0 Å². The Morgan fingerprint density at radius 3 is 2.52 bits per heavy atom. The predicted octanol–water partition coefficient (Wildman–Crippen LogP) is 5.86. The van der Waals surface area contributed by atoms with Gasteiger partial charge in [-0.1, -0.05) is 85.0 Å². The molecule has 2 saturated heterocycles. The minimum atomic E-state index is -2.52. The van der Waals surface area contributed by atoms with E-state index in [2.05, 4.69) is 53.1 Å². The Morgan fingerprint density at radius 2 is 1.85 bits per heavy atom. The first-order chi connectivity index (χ1) is 28.9. The van der Waals surface area contributed by atoms with Gasteiger partial charge in [-0.2, -0.15) is 0 Å². The zero-order valence-corrected chi connectivity index (χ0v) is 35.3. The molecule has 14 nitrogen and oxygen atoms in total. The van der Waals surface area contributed by atoms with Gasteiger partial charge in [-0.15, -0.1) is 5.10 Å². The molecule has 5 aromatic rings. The monoisotopic (exact) mass is 829 g/mol. The van der Waals surface area contributed by atoms with E-state index in [0.717, 1.165) is 36.3 Å². The SMILES string of the molecule is COc1ccc([Si](C)(C)[C@H]2[C@H](CCn3cc(C(CO)c4ccccc4)nn3)O[C@@]3(C(=O)N(Cc4ccc(NC(=O)[C@H]5CCCN5)cc4)c4ccc([N+](=O)[O-])cc43)[C@@H]2C)cc1. The third kappa shape index (κ3) is 7.50. The van der Waals surface area contributed by atoms with Gasteiger partial charge in [-0.05, 0) is 72.8 Å². The van der Waals surface area contributed by atoms with Gasteiger partial charge in [0.25, 0.3) is 11.6 Å². The summed E-state index contributed by atoms with van der Waals surface area (Å²) in [5.74, 6) is -0.307. The zero-order valence-electron chi connectivity index (χ0n) is 34.3. The van der Waals surface area contributed by atoms with Crippen LogP contribution in [0.1, 0.15) is 54.5 Å². The molecule has 312 valence electrons. The molecule has 2 amide bonds. The maximum Gasteiger partial charge on any atom is 0.269 e. The highest BCUT2D eigenvalue weighted by molar-refractivity contribution is 6.91. The zero-order chi connectivity index (χ0) is 42.2. The normalized spacial score (nSPS) is 22.9. The molecule has 3 N–H and O–H groups in total. The molecule has 0 radical (unpaired) electrons. The molecule has 8 rings (SSSR count). The Kier molecular flexibility index (Phi) is 11.4. The van der Waals surface area contributed by atoms with Crippen molar-refractivity contribution >= 4 is 42.1 Å². The van der Waals surface area contributed by atoms with Crippen molar-refractivity contribution in [2.24, 2.45) is 5.92 Å². The van der Waals surface area contributed by atoms with Crippen molar-refractivity contribution in [1.82, 2.24) is 20.3 Å². The Bertz CT molecular complexity index is 2350. The molecule has 1 aromatic heterocycles. The molecule has 3 aliphatic heterocycles. The first kappa shape index (κ1) is 41.0. The van der Waals surface area contributed by atoms with Gasteiger partial charge in [0.15, 0.2) is 5.60 Å². The highest BCUT2D eigenvalue weighted by atomic mass is 28.3. The number of nitro groups is 1. The van der Waals surface area contributed by atoms with E-state index in [4.69, 9.17) is 9.47 Å². The number of aliphatic hydroxyl groups is 1. The molecular weight excluding hydrogens is 779 g/mol. The van der Waals surface area contributed by atoms with E-state index < -0.39 is 24.7 Å².